The van der Waals surface area contributed by atoms with Crippen molar-refractivity contribution in [1.82, 2.24) is 9.97 Å². The van der Waals surface area contributed by atoms with E-state index in [9.17, 15) is 0 Å². The molecule has 0 saturated carbocycles. The van der Waals surface area contributed by atoms with Crippen LogP contribution in [0.5, 0.6) is 0 Å². The Bertz CT molecular complexity index is 282. The van der Waals surface area contributed by atoms with Crippen molar-refractivity contribution in [3.8, 4) is 0 Å². The van der Waals surface area contributed by atoms with Crippen molar-refractivity contribution in [2.75, 3.05) is 6.26 Å². The van der Waals surface area contributed by atoms with Crippen molar-refractivity contribution < 1.29 is 9.11 Å². The Hall–Kier alpha value is -0.0700. The van der Waals surface area contributed by atoms with Gasteiger partial charge in [-0.15, -0.1) is 10.6 Å². The zero-order valence-electron chi connectivity index (χ0n) is 6.03. The van der Waals surface area contributed by atoms with Gasteiger partial charge in [0.1, 0.15) is 10.3 Å². The van der Waals surface area contributed by atoms with Crippen molar-refractivity contribution in [2.24, 2.45) is 0 Å². The van der Waals surface area contributed by atoms with Crippen LogP contribution in [0.2, 0.25) is 10.3 Å². The van der Waals surface area contributed by atoms with Gasteiger partial charge in [-0.25, -0.2) is 9.97 Å². The number of hydrogen-bond acceptors (Lipinski definition) is 4. The summed E-state index contributed by atoms with van der Waals surface area (Å²) in [5.74, 6) is 0. The molecule has 0 unspecified atom stereocenters. The quantitative estimate of drug-likeness (QED) is 0.573. The summed E-state index contributed by atoms with van der Waals surface area (Å²) in [7, 11) is -2.94. The highest BCUT2D eigenvalue weighted by molar-refractivity contribution is 8.23. The molecule has 0 aliphatic carbocycles. The molecule has 0 aromatic carbocycles. The highest BCUT2D eigenvalue weighted by Crippen LogP contribution is 2.41. The Morgan fingerprint density at radius 1 is 1.25 bits per heavy atom. The van der Waals surface area contributed by atoms with Gasteiger partial charge < -0.3 is 0 Å². The predicted molar refractivity (Wildman–Crippen MR) is 49.1 cm³/mol. The minimum absolute atomic E-state index is 0.0897. The van der Waals surface area contributed by atoms with Crippen LogP contribution in [0.15, 0.2) is 11.2 Å². The molecule has 0 aliphatic heterocycles. The number of nitrogens with zero attached hydrogens (tertiary/aromatic N) is 2. The van der Waals surface area contributed by atoms with E-state index in [1.54, 1.807) is 0 Å². The van der Waals surface area contributed by atoms with Gasteiger partial charge in [0, 0.05) is 12.3 Å². The second-order valence-electron chi connectivity index (χ2n) is 2.13. The molecule has 0 amide bonds. The van der Waals surface area contributed by atoms with Gasteiger partial charge in [0.05, 0.1) is 0 Å². The highest BCUT2D eigenvalue weighted by Gasteiger charge is 2.13. The third-order valence-electron chi connectivity index (χ3n) is 0.989. The molecular formula is C5H6Cl2N2O2S. The molecule has 1 aromatic rings. The average molecular weight is 229 g/mol. The summed E-state index contributed by atoms with van der Waals surface area (Å²) < 4.78 is 18.3. The molecule has 0 spiro atoms. The van der Waals surface area contributed by atoms with E-state index in [-0.39, 0.29) is 15.5 Å². The maximum Gasteiger partial charge on any atom is 0.244 e. The summed E-state index contributed by atoms with van der Waals surface area (Å²) in [6.07, 6.45) is 1.20. The fraction of sp³-hybridized carbons (Fsp3) is 0.200. The molecule has 12 heavy (non-hydrogen) atoms. The fourth-order valence-corrected chi connectivity index (χ4v) is 1.61. The normalized spacial score (nSPS) is 13.1. The second kappa shape index (κ2) is 3.35. The Kier molecular flexibility index (Phi) is 2.80. The standard InChI is InChI=1S/C5H6Cl2N2O2S/c1-12(10,11)5-8-3(6)2-4(7)9-5/h2,10-11H,1H3. The summed E-state index contributed by atoms with van der Waals surface area (Å²) >= 11 is 11.0. The Labute approximate surface area is 80.9 Å². The molecule has 0 fully saturated rings. The first kappa shape index (κ1) is 10.0. The maximum absolute atomic E-state index is 9.13. The van der Waals surface area contributed by atoms with Crippen LogP contribution in [0.4, 0.5) is 0 Å². The predicted octanol–water partition coefficient (Wildman–Crippen LogP) is 2.52. The Balaban J connectivity index is 3.18. The molecule has 0 atom stereocenters. The van der Waals surface area contributed by atoms with Crippen LogP contribution in [0.3, 0.4) is 0 Å². The van der Waals surface area contributed by atoms with Crippen LogP contribution in [-0.4, -0.2) is 25.3 Å². The first-order valence-electron chi connectivity index (χ1n) is 2.83. The largest absolute Gasteiger partial charge is 0.292 e. The van der Waals surface area contributed by atoms with E-state index >= 15 is 0 Å². The van der Waals surface area contributed by atoms with Crippen molar-refractivity contribution in [3.05, 3.63) is 16.4 Å². The average Bonchev–Trinajstić information content (AvgIpc) is 1.82. The van der Waals surface area contributed by atoms with Crippen molar-refractivity contribution in [2.45, 2.75) is 5.16 Å². The van der Waals surface area contributed by atoms with Crippen molar-refractivity contribution in [3.63, 3.8) is 0 Å². The molecule has 0 aliphatic rings. The second-order valence-corrected chi connectivity index (χ2v) is 4.94. The van der Waals surface area contributed by atoms with Crippen molar-refractivity contribution in [1.29, 1.82) is 0 Å². The highest BCUT2D eigenvalue weighted by atomic mass is 35.5. The van der Waals surface area contributed by atoms with Crippen LogP contribution >= 0.6 is 33.8 Å². The van der Waals surface area contributed by atoms with E-state index in [1.807, 2.05) is 0 Å². The maximum atomic E-state index is 9.13. The van der Waals surface area contributed by atoms with Gasteiger partial charge in [0.2, 0.25) is 5.16 Å². The number of hydrogen-bond donors (Lipinski definition) is 2. The summed E-state index contributed by atoms with van der Waals surface area (Å²) in [6, 6.07) is 1.32. The molecular weight excluding hydrogens is 223 g/mol. The zero-order chi connectivity index (χ0) is 9.35. The minimum atomic E-state index is -2.94. The first-order chi connectivity index (χ1) is 5.39. The zero-order valence-corrected chi connectivity index (χ0v) is 8.36. The summed E-state index contributed by atoms with van der Waals surface area (Å²) in [5, 5.41) is 0.0404. The summed E-state index contributed by atoms with van der Waals surface area (Å²) in [5.41, 5.74) is 0. The molecule has 2 N–H and O–H groups in total. The summed E-state index contributed by atoms with van der Waals surface area (Å²) in [6.45, 7) is 0. The van der Waals surface area contributed by atoms with E-state index in [4.69, 9.17) is 32.3 Å². The molecule has 7 heteroatoms. The minimum Gasteiger partial charge on any atom is -0.292 e. The number of aromatic nitrogens is 2. The van der Waals surface area contributed by atoms with Crippen LogP contribution in [0.25, 0.3) is 0 Å². The Morgan fingerprint density at radius 2 is 1.67 bits per heavy atom. The molecule has 1 heterocycles. The number of rotatable bonds is 1. The van der Waals surface area contributed by atoms with Gasteiger partial charge in [0.25, 0.3) is 0 Å². The van der Waals surface area contributed by atoms with Gasteiger partial charge >= 0.3 is 0 Å². The first-order valence-corrected chi connectivity index (χ1v) is 5.54. The molecule has 1 aromatic heterocycles. The number of halogens is 2. The molecule has 68 valence electrons. The lowest BCUT2D eigenvalue weighted by molar-refractivity contribution is 0.485. The van der Waals surface area contributed by atoms with Crippen LogP contribution in [0.1, 0.15) is 0 Å². The van der Waals surface area contributed by atoms with Gasteiger partial charge in [-0.1, -0.05) is 23.2 Å². The lowest BCUT2D eigenvalue weighted by atomic mass is 10.7. The smallest absolute Gasteiger partial charge is 0.244 e. The molecule has 1 rings (SSSR count). The molecule has 0 radical (unpaired) electrons. The van der Waals surface area contributed by atoms with E-state index in [2.05, 4.69) is 9.97 Å². The lowest BCUT2D eigenvalue weighted by Gasteiger charge is -2.23. The lowest BCUT2D eigenvalue weighted by Crippen LogP contribution is -2.01. The third kappa shape index (κ3) is 2.46. The monoisotopic (exact) mass is 228 g/mol. The van der Waals surface area contributed by atoms with E-state index in [0.29, 0.717) is 0 Å². The Morgan fingerprint density at radius 3 is 2.00 bits per heavy atom. The van der Waals surface area contributed by atoms with E-state index < -0.39 is 10.6 Å². The van der Waals surface area contributed by atoms with Gasteiger partial charge in [-0.05, 0) is 0 Å². The third-order valence-corrected chi connectivity index (χ3v) is 2.25. The van der Waals surface area contributed by atoms with Crippen LogP contribution < -0.4 is 0 Å². The van der Waals surface area contributed by atoms with Crippen molar-refractivity contribution >= 4 is 33.8 Å². The molecule has 0 bridgehead atoms. The van der Waals surface area contributed by atoms with Crippen LogP contribution in [0, 0.1) is 0 Å². The van der Waals surface area contributed by atoms with E-state index in [1.165, 1.54) is 12.3 Å². The van der Waals surface area contributed by atoms with Gasteiger partial charge in [0.15, 0.2) is 0 Å². The van der Waals surface area contributed by atoms with Gasteiger partial charge in [-0.2, -0.15) is 0 Å². The topological polar surface area (TPSA) is 66.2 Å². The molecule has 4 nitrogen and oxygen atoms in total. The van der Waals surface area contributed by atoms with E-state index in [0.717, 1.165) is 0 Å². The molecule has 0 saturated heterocycles. The summed E-state index contributed by atoms with van der Waals surface area (Å²) in [4.78, 5) is 7.22. The SMILES string of the molecule is CS(O)(O)c1nc(Cl)cc(Cl)n1. The fourth-order valence-electron chi connectivity index (χ4n) is 0.544. The van der Waals surface area contributed by atoms with Crippen LogP contribution in [-0.2, 0) is 0 Å². The van der Waals surface area contributed by atoms with Gasteiger partial charge in [-0.3, -0.25) is 9.11 Å².